The molecule has 3 nitrogen and oxygen atoms in total. The van der Waals surface area contributed by atoms with Gasteiger partial charge in [-0.3, -0.25) is 4.40 Å². The molecule has 0 fully saturated rings. The van der Waals surface area contributed by atoms with E-state index in [0.29, 0.717) is 10.8 Å². The van der Waals surface area contributed by atoms with E-state index < -0.39 is 0 Å². The van der Waals surface area contributed by atoms with E-state index in [0.717, 1.165) is 4.60 Å². The number of aromatic nitrogens is 3. The summed E-state index contributed by atoms with van der Waals surface area (Å²) in [5, 5.41) is 0.599. The van der Waals surface area contributed by atoms with Crippen LogP contribution in [0.3, 0.4) is 0 Å². The van der Waals surface area contributed by atoms with Crippen molar-refractivity contribution in [2.75, 3.05) is 0 Å². The van der Waals surface area contributed by atoms with Gasteiger partial charge in [0.2, 0.25) is 5.78 Å². The Balaban J connectivity index is 2.82. The fourth-order valence-corrected chi connectivity index (χ4v) is 1.36. The maximum Gasteiger partial charge on any atom is 0.234 e. The number of hydrogen-bond acceptors (Lipinski definition) is 2. The molecule has 0 radical (unpaired) electrons. The van der Waals surface area contributed by atoms with Crippen molar-refractivity contribution in [1.29, 1.82) is 0 Å². The number of imidazole rings is 1. The van der Waals surface area contributed by atoms with Crippen molar-refractivity contribution in [3.63, 3.8) is 0 Å². The maximum absolute atomic E-state index is 5.70. The van der Waals surface area contributed by atoms with E-state index in [4.69, 9.17) is 11.6 Å². The van der Waals surface area contributed by atoms with E-state index in [1.807, 2.05) is 0 Å². The molecule has 2 heterocycles. The highest BCUT2D eigenvalue weighted by molar-refractivity contribution is 9.10. The first-order valence-electron chi connectivity index (χ1n) is 2.91. The van der Waals surface area contributed by atoms with E-state index in [9.17, 15) is 0 Å². The molecule has 2 aromatic rings. The zero-order chi connectivity index (χ0) is 7.84. The fourth-order valence-electron chi connectivity index (χ4n) is 0.831. The standard InChI is InChI=1S/C6H3BrClN3/c7-5-3-11-2-4(8)1-9-6(11)10-5/h1-3H. The number of fused-ring (bicyclic) bond motifs is 1. The first-order chi connectivity index (χ1) is 5.25. The molecule has 5 heteroatoms. The van der Waals surface area contributed by atoms with E-state index >= 15 is 0 Å². The highest BCUT2D eigenvalue weighted by Gasteiger charge is 1.98. The average Bonchev–Trinajstić information content (AvgIpc) is 2.27. The van der Waals surface area contributed by atoms with Crippen LogP contribution in [0.25, 0.3) is 5.78 Å². The van der Waals surface area contributed by atoms with Crippen LogP contribution >= 0.6 is 27.5 Å². The van der Waals surface area contributed by atoms with Gasteiger partial charge in [0.1, 0.15) is 4.60 Å². The third-order valence-corrected chi connectivity index (χ3v) is 1.83. The van der Waals surface area contributed by atoms with Gasteiger partial charge in [0.05, 0.1) is 11.2 Å². The van der Waals surface area contributed by atoms with Gasteiger partial charge in [-0.25, -0.2) is 9.97 Å². The molecule has 0 unspecified atom stereocenters. The SMILES string of the molecule is Clc1cnc2nc(Br)cn2c1. The van der Waals surface area contributed by atoms with Crippen molar-refractivity contribution in [3.05, 3.63) is 28.2 Å². The topological polar surface area (TPSA) is 30.2 Å². The fraction of sp³-hybridized carbons (Fsp3) is 0. The Morgan fingerprint density at radius 3 is 3.09 bits per heavy atom. The van der Waals surface area contributed by atoms with Crippen LogP contribution in [0.5, 0.6) is 0 Å². The Morgan fingerprint density at radius 1 is 1.45 bits per heavy atom. The normalized spacial score (nSPS) is 10.7. The Kier molecular flexibility index (Phi) is 1.58. The van der Waals surface area contributed by atoms with E-state index in [1.165, 1.54) is 0 Å². The van der Waals surface area contributed by atoms with Crippen LogP contribution < -0.4 is 0 Å². The predicted molar refractivity (Wildman–Crippen MR) is 45.7 cm³/mol. The molecule has 0 amide bonds. The van der Waals surface area contributed by atoms with Crippen LogP contribution in [-0.4, -0.2) is 14.4 Å². The highest BCUT2D eigenvalue weighted by Crippen LogP contribution is 2.11. The van der Waals surface area contributed by atoms with Gasteiger partial charge in [-0.15, -0.1) is 0 Å². The van der Waals surface area contributed by atoms with Crippen molar-refractivity contribution in [2.24, 2.45) is 0 Å². The van der Waals surface area contributed by atoms with Gasteiger partial charge in [0.25, 0.3) is 0 Å². The van der Waals surface area contributed by atoms with Gasteiger partial charge in [0, 0.05) is 12.4 Å². The minimum Gasteiger partial charge on any atom is -0.288 e. The molecule has 0 aliphatic heterocycles. The van der Waals surface area contributed by atoms with Crippen molar-refractivity contribution >= 4 is 33.3 Å². The largest absolute Gasteiger partial charge is 0.288 e. The lowest BCUT2D eigenvalue weighted by atomic mass is 10.6. The van der Waals surface area contributed by atoms with Gasteiger partial charge >= 0.3 is 0 Å². The molecule has 0 N–H and O–H groups in total. The van der Waals surface area contributed by atoms with Crippen LogP contribution in [0, 0.1) is 0 Å². The van der Waals surface area contributed by atoms with Gasteiger partial charge in [-0.05, 0) is 15.9 Å². The minimum absolute atomic E-state index is 0.599. The summed E-state index contributed by atoms with van der Waals surface area (Å²) in [5.74, 6) is 0.640. The van der Waals surface area contributed by atoms with Crippen molar-refractivity contribution in [2.45, 2.75) is 0 Å². The molecular weight excluding hydrogens is 229 g/mol. The van der Waals surface area contributed by atoms with E-state index in [1.54, 1.807) is 23.0 Å². The number of halogens is 2. The van der Waals surface area contributed by atoms with Crippen molar-refractivity contribution < 1.29 is 0 Å². The number of nitrogens with zero attached hydrogens (tertiary/aromatic N) is 3. The van der Waals surface area contributed by atoms with Gasteiger partial charge in [0.15, 0.2) is 0 Å². The van der Waals surface area contributed by atoms with E-state index in [2.05, 4.69) is 25.9 Å². The zero-order valence-electron chi connectivity index (χ0n) is 5.33. The zero-order valence-corrected chi connectivity index (χ0v) is 7.67. The first-order valence-corrected chi connectivity index (χ1v) is 4.08. The summed E-state index contributed by atoms with van der Waals surface area (Å²) in [6.07, 6.45) is 5.12. The second-order valence-electron chi connectivity index (χ2n) is 2.04. The summed E-state index contributed by atoms with van der Waals surface area (Å²) in [6.45, 7) is 0. The molecule has 0 aliphatic rings. The summed E-state index contributed by atoms with van der Waals surface area (Å²) in [4.78, 5) is 8.06. The maximum atomic E-state index is 5.70. The smallest absolute Gasteiger partial charge is 0.234 e. The third kappa shape index (κ3) is 1.23. The molecule has 0 bridgehead atoms. The lowest BCUT2D eigenvalue weighted by molar-refractivity contribution is 1.11. The lowest BCUT2D eigenvalue weighted by Gasteiger charge is -1.90. The van der Waals surface area contributed by atoms with Crippen LogP contribution in [0.4, 0.5) is 0 Å². The molecule has 2 aromatic heterocycles. The summed E-state index contributed by atoms with van der Waals surface area (Å²) in [6, 6.07) is 0. The quantitative estimate of drug-likeness (QED) is 0.697. The Bertz CT molecular complexity index is 398. The van der Waals surface area contributed by atoms with Gasteiger partial charge in [-0.2, -0.15) is 0 Å². The molecular formula is C6H3BrClN3. The summed E-state index contributed by atoms with van der Waals surface area (Å²) in [5.41, 5.74) is 0. The molecule has 0 aromatic carbocycles. The van der Waals surface area contributed by atoms with Crippen LogP contribution in [-0.2, 0) is 0 Å². The summed E-state index contributed by atoms with van der Waals surface area (Å²) >= 11 is 8.94. The summed E-state index contributed by atoms with van der Waals surface area (Å²) < 4.78 is 2.51. The first kappa shape index (κ1) is 7.06. The van der Waals surface area contributed by atoms with Gasteiger partial charge in [-0.1, -0.05) is 11.6 Å². The summed E-state index contributed by atoms with van der Waals surface area (Å²) in [7, 11) is 0. The molecule has 0 atom stereocenters. The lowest BCUT2D eigenvalue weighted by Crippen LogP contribution is -1.85. The molecule has 0 saturated carbocycles. The van der Waals surface area contributed by atoms with E-state index in [-0.39, 0.29) is 0 Å². The highest BCUT2D eigenvalue weighted by atomic mass is 79.9. The number of rotatable bonds is 0. The second kappa shape index (κ2) is 2.46. The van der Waals surface area contributed by atoms with Crippen LogP contribution in [0.15, 0.2) is 23.2 Å². The monoisotopic (exact) mass is 231 g/mol. The van der Waals surface area contributed by atoms with Crippen LogP contribution in [0.1, 0.15) is 0 Å². The molecule has 0 saturated heterocycles. The van der Waals surface area contributed by atoms with Crippen molar-refractivity contribution in [1.82, 2.24) is 14.4 Å². The molecule has 0 aliphatic carbocycles. The molecule has 56 valence electrons. The molecule has 11 heavy (non-hydrogen) atoms. The Hall–Kier alpha value is -0.610. The predicted octanol–water partition coefficient (Wildman–Crippen LogP) is 2.15. The Morgan fingerprint density at radius 2 is 2.27 bits per heavy atom. The van der Waals surface area contributed by atoms with Gasteiger partial charge < -0.3 is 0 Å². The van der Waals surface area contributed by atoms with Crippen molar-refractivity contribution in [3.8, 4) is 0 Å². The average molecular weight is 232 g/mol. The number of hydrogen-bond donors (Lipinski definition) is 0. The van der Waals surface area contributed by atoms with Crippen LogP contribution in [0.2, 0.25) is 5.02 Å². The minimum atomic E-state index is 0.599. The second-order valence-corrected chi connectivity index (χ2v) is 3.29. The molecule has 2 rings (SSSR count). The third-order valence-electron chi connectivity index (χ3n) is 1.25. The Labute approximate surface area is 76.2 Å². The molecule has 0 spiro atoms.